The molecule has 4 heteroatoms. The molecule has 1 N–H and O–H groups in total. The molecule has 0 bridgehead atoms. The number of hydrogen-bond donors (Lipinski definition) is 1. The van der Waals surface area contributed by atoms with Crippen molar-refractivity contribution in [1.82, 2.24) is 0 Å². The van der Waals surface area contributed by atoms with E-state index in [2.05, 4.69) is 33.8 Å². The summed E-state index contributed by atoms with van der Waals surface area (Å²) >= 11 is 0. The number of carbonyl (C=O) groups excluding carboxylic acids is 1. The topological polar surface area (TPSA) is 59.1 Å². The smallest absolute Gasteiger partial charge is 0.333 e. The Bertz CT molecular complexity index is 534. The Morgan fingerprint density at radius 1 is 1.50 bits per heavy atom. The average Bonchev–Trinajstić information content (AvgIpc) is 3.17. The monoisotopic (exact) mass is 336 g/mol. The maximum absolute atomic E-state index is 12.3. The van der Waals surface area contributed by atoms with E-state index in [4.69, 9.17) is 9.47 Å². The second-order valence-corrected chi connectivity index (χ2v) is 7.87. The van der Waals surface area contributed by atoms with Gasteiger partial charge in [0, 0.05) is 17.9 Å². The fourth-order valence-corrected chi connectivity index (χ4v) is 3.74. The predicted octanol–water partition coefficient (Wildman–Crippen LogP) is 3.79. The van der Waals surface area contributed by atoms with Crippen LogP contribution in [0.4, 0.5) is 0 Å². The zero-order chi connectivity index (χ0) is 18.1. The first-order valence-electron chi connectivity index (χ1n) is 9.05. The van der Waals surface area contributed by atoms with Crippen LogP contribution in [-0.4, -0.2) is 35.0 Å². The Hall–Kier alpha value is -1.13. The quantitative estimate of drug-likeness (QED) is 0.369. The summed E-state index contributed by atoms with van der Waals surface area (Å²) < 4.78 is 11.7. The van der Waals surface area contributed by atoms with E-state index < -0.39 is 6.10 Å². The van der Waals surface area contributed by atoms with Crippen molar-refractivity contribution in [3.63, 3.8) is 0 Å². The number of aliphatic hydroxyl groups excluding tert-OH is 1. The molecule has 1 saturated heterocycles. The molecular formula is C20H32O4. The molecule has 0 spiro atoms. The number of allylic oxidation sites excluding steroid dienone is 2. The van der Waals surface area contributed by atoms with Crippen LogP contribution in [0, 0.1) is 11.8 Å². The zero-order valence-corrected chi connectivity index (χ0v) is 15.8. The fourth-order valence-electron chi connectivity index (χ4n) is 3.74. The molecule has 0 aromatic carbocycles. The van der Waals surface area contributed by atoms with Gasteiger partial charge < -0.3 is 14.6 Å². The van der Waals surface area contributed by atoms with Gasteiger partial charge in [-0.15, -0.1) is 0 Å². The summed E-state index contributed by atoms with van der Waals surface area (Å²) in [7, 11) is 0. The van der Waals surface area contributed by atoms with E-state index in [-0.39, 0.29) is 35.6 Å². The minimum absolute atomic E-state index is 0.146. The van der Waals surface area contributed by atoms with Crippen LogP contribution in [-0.2, 0) is 14.3 Å². The number of aliphatic hydroxyl groups is 1. The second kappa shape index (κ2) is 7.40. The first kappa shape index (κ1) is 19.2. The number of ether oxygens (including phenoxy) is 2. The molecule has 2 aliphatic rings. The minimum Gasteiger partial charge on any atom is -0.458 e. The molecule has 0 saturated carbocycles. The fraction of sp³-hybridized carbons (Fsp3) is 0.750. The third-order valence-electron chi connectivity index (χ3n) is 5.51. The number of epoxide rings is 1. The van der Waals surface area contributed by atoms with Crippen LogP contribution < -0.4 is 0 Å². The molecular weight excluding hydrogens is 304 g/mol. The van der Waals surface area contributed by atoms with Crippen LogP contribution in [0.15, 0.2) is 23.3 Å². The van der Waals surface area contributed by atoms with E-state index in [1.165, 1.54) is 5.57 Å². The standard InChI is InChI=1S/C20H32O4/c1-7-14(5)19(22)23-15-11-13(4)9-8-10-20(6)18(24-20)17(21)16(15)12(2)3/h7,9,12,15-18,21H,8,10-11H2,1-6H3. The molecule has 0 radical (unpaired) electrons. The minimum atomic E-state index is -0.621. The third-order valence-corrected chi connectivity index (χ3v) is 5.51. The van der Waals surface area contributed by atoms with Gasteiger partial charge in [-0.3, -0.25) is 0 Å². The Balaban J connectivity index is 2.30. The molecule has 0 aromatic heterocycles. The molecule has 136 valence electrons. The van der Waals surface area contributed by atoms with Crippen LogP contribution in [0.25, 0.3) is 0 Å². The first-order chi connectivity index (χ1) is 11.2. The lowest BCUT2D eigenvalue weighted by Gasteiger charge is -2.34. The molecule has 5 atom stereocenters. The first-order valence-corrected chi connectivity index (χ1v) is 9.05. The molecule has 1 heterocycles. The summed E-state index contributed by atoms with van der Waals surface area (Å²) in [6.45, 7) is 11.9. The molecule has 5 unspecified atom stereocenters. The highest BCUT2D eigenvalue weighted by Crippen LogP contribution is 2.47. The van der Waals surface area contributed by atoms with E-state index in [1.807, 2.05) is 6.92 Å². The summed E-state index contributed by atoms with van der Waals surface area (Å²) in [5, 5.41) is 11.0. The lowest BCUT2D eigenvalue weighted by Crippen LogP contribution is -2.43. The van der Waals surface area contributed by atoms with E-state index in [0.717, 1.165) is 12.8 Å². The van der Waals surface area contributed by atoms with E-state index in [1.54, 1.807) is 13.0 Å². The maximum atomic E-state index is 12.3. The normalized spacial score (nSPS) is 37.5. The van der Waals surface area contributed by atoms with Crippen LogP contribution >= 0.6 is 0 Å². The SMILES string of the molecule is CC=C(C)C(=O)OC1CC(C)=CCCC2(C)OC2C(O)C1C(C)C. The van der Waals surface area contributed by atoms with Gasteiger partial charge in [-0.25, -0.2) is 4.79 Å². The van der Waals surface area contributed by atoms with Crippen LogP contribution in [0.2, 0.25) is 0 Å². The highest BCUT2D eigenvalue weighted by Gasteiger charge is 2.58. The van der Waals surface area contributed by atoms with Crippen molar-refractivity contribution in [1.29, 1.82) is 0 Å². The third kappa shape index (κ3) is 4.09. The van der Waals surface area contributed by atoms with Gasteiger partial charge in [-0.2, -0.15) is 0 Å². The summed E-state index contributed by atoms with van der Waals surface area (Å²) in [6, 6.07) is 0. The van der Waals surface area contributed by atoms with E-state index >= 15 is 0 Å². The number of fused-ring (bicyclic) bond motifs is 1. The number of hydrogen-bond acceptors (Lipinski definition) is 4. The predicted molar refractivity (Wildman–Crippen MR) is 94.5 cm³/mol. The Labute approximate surface area is 145 Å². The van der Waals surface area contributed by atoms with Crippen molar-refractivity contribution in [3.8, 4) is 0 Å². The number of carbonyl (C=O) groups is 1. The summed E-state index contributed by atoms with van der Waals surface area (Å²) in [5.74, 6) is -0.263. The highest BCUT2D eigenvalue weighted by molar-refractivity contribution is 5.87. The van der Waals surface area contributed by atoms with Crippen molar-refractivity contribution in [3.05, 3.63) is 23.3 Å². The van der Waals surface area contributed by atoms with E-state index in [0.29, 0.717) is 12.0 Å². The Morgan fingerprint density at radius 2 is 2.17 bits per heavy atom. The van der Waals surface area contributed by atoms with Crippen LogP contribution in [0.3, 0.4) is 0 Å². The molecule has 1 aliphatic heterocycles. The molecule has 24 heavy (non-hydrogen) atoms. The average molecular weight is 336 g/mol. The summed E-state index contributed by atoms with van der Waals surface area (Å²) in [5.41, 5.74) is 1.54. The number of esters is 1. The van der Waals surface area contributed by atoms with E-state index in [9.17, 15) is 9.90 Å². The van der Waals surface area contributed by atoms with Crippen LogP contribution in [0.5, 0.6) is 0 Å². The van der Waals surface area contributed by atoms with Gasteiger partial charge >= 0.3 is 5.97 Å². The van der Waals surface area contributed by atoms with Gasteiger partial charge in [0.2, 0.25) is 0 Å². The molecule has 0 aromatic rings. The van der Waals surface area contributed by atoms with Crippen molar-refractivity contribution in [2.75, 3.05) is 0 Å². The molecule has 1 fully saturated rings. The Morgan fingerprint density at radius 3 is 2.75 bits per heavy atom. The van der Waals surface area contributed by atoms with Gasteiger partial charge in [0.15, 0.2) is 0 Å². The number of rotatable bonds is 3. The lowest BCUT2D eigenvalue weighted by molar-refractivity contribution is -0.151. The molecule has 2 rings (SSSR count). The molecule has 1 aliphatic carbocycles. The maximum Gasteiger partial charge on any atom is 0.333 e. The van der Waals surface area contributed by atoms with Crippen LogP contribution in [0.1, 0.15) is 60.8 Å². The summed E-state index contributed by atoms with van der Waals surface area (Å²) in [6.07, 6.45) is 5.34. The van der Waals surface area contributed by atoms with Gasteiger partial charge in [-0.1, -0.05) is 31.6 Å². The van der Waals surface area contributed by atoms with Crippen molar-refractivity contribution >= 4 is 5.97 Å². The van der Waals surface area contributed by atoms with Gasteiger partial charge in [0.05, 0.1) is 11.7 Å². The highest BCUT2D eigenvalue weighted by atomic mass is 16.6. The lowest BCUT2D eigenvalue weighted by atomic mass is 9.78. The van der Waals surface area contributed by atoms with Crippen molar-refractivity contribution in [2.24, 2.45) is 11.8 Å². The second-order valence-electron chi connectivity index (χ2n) is 7.87. The summed E-state index contributed by atoms with van der Waals surface area (Å²) in [4.78, 5) is 12.3. The van der Waals surface area contributed by atoms with Gasteiger partial charge in [0.25, 0.3) is 0 Å². The zero-order valence-electron chi connectivity index (χ0n) is 15.8. The van der Waals surface area contributed by atoms with Crippen molar-refractivity contribution < 1.29 is 19.4 Å². The molecule has 0 amide bonds. The largest absolute Gasteiger partial charge is 0.458 e. The van der Waals surface area contributed by atoms with Gasteiger partial charge in [-0.05, 0) is 46.5 Å². The molecule has 4 nitrogen and oxygen atoms in total. The van der Waals surface area contributed by atoms with Gasteiger partial charge in [0.1, 0.15) is 12.2 Å². The Kier molecular flexibility index (Phi) is 5.92. The van der Waals surface area contributed by atoms with Crippen molar-refractivity contribution in [2.45, 2.75) is 84.7 Å².